The third kappa shape index (κ3) is 7.34. The number of anilines is 1. The smallest absolute Gasteiger partial charge is 0.319 e. The molecule has 0 radical (unpaired) electrons. The Kier molecular flexibility index (Phi) is 7.53. The molecule has 21 heavy (non-hydrogen) atoms. The minimum atomic E-state index is -0.792. The molecule has 0 aliphatic rings. The van der Waals surface area contributed by atoms with Gasteiger partial charge in [0.25, 0.3) is 0 Å². The molecule has 7 heteroatoms. The van der Waals surface area contributed by atoms with Gasteiger partial charge in [0.2, 0.25) is 0 Å². The highest BCUT2D eigenvalue weighted by atomic mass is 79.9. The van der Waals surface area contributed by atoms with E-state index in [-0.39, 0.29) is 18.4 Å². The van der Waals surface area contributed by atoms with Crippen LogP contribution in [0.15, 0.2) is 22.7 Å². The lowest BCUT2D eigenvalue weighted by atomic mass is 10.0. The van der Waals surface area contributed by atoms with Crippen LogP contribution in [0, 0.1) is 5.92 Å². The quantitative estimate of drug-likeness (QED) is 0.669. The lowest BCUT2D eigenvalue weighted by molar-refractivity contribution is -0.137. The Bertz CT molecular complexity index is 511. The molecule has 0 heterocycles. The van der Waals surface area contributed by atoms with Crippen molar-refractivity contribution in [2.45, 2.75) is 26.2 Å². The van der Waals surface area contributed by atoms with Crippen molar-refractivity contribution in [3.8, 4) is 0 Å². The minimum Gasteiger partial charge on any atom is -0.481 e. The zero-order valence-corrected chi connectivity index (χ0v) is 14.0. The van der Waals surface area contributed by atoms with Gasteiger partial charge in [-0.3, -0.25) is 4.79 Å². The second-order valence-corrected chi connectivity index (χ2v) is 6.12. The van der Waals surface area contributed by atoms with Crippen LogP contribution in [-0.4, -0.2) is 23.7 Å². The highest BCUT2D eigenvalue weighted by Crippen LogP contribution is 2.25. The molecule has 0 aliphatic carbocycles. The maximum Gasteiger partial charge on any atom is 0.319 e. The second kappa shape index (κ2) is 8.89. The Morgan fingerprint density at radius 1 is 1.38 bits per heavy atom. The number of carbonyl (C=O) groups is 2. The van der Waals surface area contributed by atoms with Crippen molar-refractivity contribution in [2.75, 3.05) is 11.9 Å². The molecular weight excluding hydrogens is 360 g/mol. The van der Waals surface area contributed by atoms with Gasteiger partial charge in [-0.05, 0) is 52.9 Å². The van der Waals surface area contributed by atoms with Gasteiger partial charge in [0.05, 0.1) is 5.69 Å². The van der Waals surface area contributed by atoms with Crippen LogP contribution < -0.4 is 10.6 Å². The van der Waals surface area contributed by atoms with Crippen molar-refractivity contribution < 1.29 is 14.7 Å². The van der Waals surface area contributed by atoms with E-state index in [0.717, 1.165) is 6.42 Å². The zero-order valence-electron chi connectivity index (χ0n) is 11.7. The van der Waals surface area contributed by atoms with Crippen molar-refractivity contribution in [1.29, 1.82) is 0 Å². The highest BCUT2D eigenvalue weighted by molar-refractivity contribution is 9.10. The van der Waals surface area contributed by atoms with Crippen molar-refractivity contribution >= 4 is 45.2 Å². The molecule has 0 saturated carbocycles. The predicted molar refractivity (Wildman–Crippen MR) is 86.8 cm³/mol. The molecule has 1 aromatic rings. The topological polar surface area (TPSA) is 78.4 Å². The van der Waals surface area contributed by atoms with E-state index in [1.165, 1.54) is 0 Å². The lowest BCUT2D eigenvalue weighted by Crippen LogP contribution is -2.30. The summed E-state index contributed by atoms with van der Waals surface area (Å²) in [5, 5.41) is 14.6. The van der Waals surface area contributed by atoms with E-state index in [2.05, 4.69) is 26.6 Å². The molecule has 0 bridgehead atoms. The van der Waals surface area contributed by atoms with Gasteiger partial charge in [0.15, 0.2) is 0 Å². The second-order valence-electron chi connectivity index (χ2n) is 4.83. The van der Waals surface area contributed by atoms with E-state index >= 15 is 0 Å². The lowest BCUT2D eigenvalue weighted by Gasteiger charge is -2.12. The predicted octanol–water partition coefficient (Wildman–Crippen LogP) is 4.12. The average molecular weight is 378 g/mol. The van der Waals surface area contributed by atoms with Gasteiger partial charge in [-0.15, -0.1) is 0 Å². The Balaban J connectivity index is 2.29. The number of carbonyl (C=O) groups excluding carboxylic acids is 1. The maximum absolute atomic E-state index is 11.7. The molecule has 1 atom stereocenters. The van der Waals surface area contributed by atoms with E-state index < -0.39 is 5.97 Å². The van der Waals surface area contributed by atoms with Crippen LogP contribution in [0.25, 0.3) is 0 Å². The number of urea groups is 1. The van der Waals surface area contributed by atoms with Gasteiger partial charge in [-0.2, -0.15) is 0 Å². The van der Waals surface area contributed by atoms with Crippen molar-refractivity contribution in [2.24, 2.45) is 5.92 Å². The third-order valence-corrected chi connectivity index (χ3v) is 3.84. The molecule has 3 N–H and O–H groups in total. The number of carboxylic acid groups (broad SMARTS) is 1. The molecule has 0 aromatic heterocycles. The van der Waals surface area contributed by atoms with Gasteiger partial charge < -0.3 is 15.7 Å². The number of halogens is 2. The molecule has 0 saturated heterocycles. The van der Waals surface area contributed by atoms with Crippen LogP contribution in [0.4, 0.5) is 10.5 Å². The maximum atomic E-state index is 11.7. The Morgan fingerprint density at radius 3 is 2.71 bits per heavy atom. The number of carboxylic acids is 1. The molecule has 0 aliphatic heterocycles. The molecule has 1 rings (SSSR count). The molecular formula is C14H18BrClN2O3. The first-order chi connectivity index (χ1) is 9.88. The summed E-state index contributed by atoms with van der Waals surface area (Å²) in [4.78, 5) is 22.2. The summed E-state index contributed by atoms with van der Waals surface area (Å²) in [7, 11) is 0. The summed E-state index contributed by atoms with van der Waals surface area (Å²) in [6, 6.07) is 4.80. The van der Waals surface area contributed by atoms with Crippen LogP contribution in [-0.2, 0) is 4.79 Å². The summed E-state index contributed by atoms with van der Waals surface area (Å²) in [6.07, 6.45) is 1.51. The summed E-state index contributed by atoms with van der Waals surface area (Å²) < 4.78 is 0.708. The number of rotatable bonds is 7. The van der Waals surface area contributed by atoms with E-state index in [1.54, 1.807) is 18.2 Å². The first-order valence-corrected chi connectivity index (χ1v) is 7.77. The fourth-order valence-electron chi connectivity index (χ4n) is 1.70. The Hall–Kier alpha value is -1.27. The number of aliphatic carboxylic acids is 1. The average Bonchev–Trinajstić information content (AvgIpc) is 2.39. The number of hydrogen-bond donors (Lipinski definition) is 3. The molecule has 116 valence electrons. The number of nitrogens with one attached hydrogen (secondary N) is 2. The van der Waals surface area contributed by atoms with Gasteiger partial charge in [0, 0.05) is 22.5 Å². The van der Waals surface area contributed by atoms with Gasteiger partial charge in [-0.25, -0.2) is 4.79 Å². The van der Waals surface area contributed by atoms with Crippen LogP contribution in [0.1, 0.15) is 26.2 Å². The SMILES string of the molecule is CC(CCNC(=O)Nc1ccc(Cl)cc1Br)CCC(=O)O. The van der Waals surface area contributed by atoms with Crippen LogP contribution >= 0.6 is 27.5 Å². The Labute approximate surface area is 137 Å². The molecule has 1 aromatic carbocycles. The monoisotopic (exact) mass is 376 g/mol. The van der Waals surface area contributed by atoms with Crippen LogP contribution in [0.5, 0.6) is 0 Å². The molecule has 0 fully saturated rings. The van der Waals surface area contributed by atoms with Gasteiger partial charge >= 0.3 is 12.0 Å². The van der Waals surface area contributed by atoms with E-state index in [1.807, 2.05) is 6.92 Å². The fraction of sp³-hybridized carbons (Fsp3) is 0.429. The van der Waals surface area contributed by atoms with Gasteiger partial charge in [0.1, 0.15) is 0 Å². The number of amides is 2. The fourth-order valence-corrected chi connectivity index (χ4v) is 2.49. The standard InChI is InChI=1S/C14H18BrClN2O3/c1-9(2-5-13(19)20)6-7-17-14(21)18-12-4-3-10(16)8-11(12)15/h3-4,8-9H,2,5-7H2,1H3,(H,19,20)(H2,17,18,21). The van der Waals surface area contributed by atoms with Crippen molar-refractivity contribution in [3.63, 3.8) is 0 Å². The van der Waals surface area contributed by atoms with Crippen LogP contribution in [0.2, 0.25) is 5.02 Å². The largest absolute Gasteiger partial charge is 0.481 e. The first kappa shape index (κ1) is 17.8. The normalized spacial score (nSPS) is 11.8. The number of hydrogen-bond acceptors (Lipinski definition) is 2. The third-order valence-electron chi connectivity index (χ3n) is 2.95. The van der Waals surface area contributed by atoms with E-state index in [4.69, 9.17) is 16.7 Å². The Morgan fingerprint density at radius 2 is 2.10 bits per heavy atom. The van der Waals surface area contributed by atoms with Gasteiger partial charge in [-0.1, -0.05) is 18.5 Å². The van der Waals surface area contributed by atoms with Crippen molar-refractivity contribution in [3.05, 3.63) is 27.7 Å². The summed E-state index contributed by atoms with van der Waals surface area (Å²) in [6.45, 7) is 2.47. The summed E-state index contributed by atoms with van der Waals surface area (Å²) >= 11 is 9.14. The molecule has 1 unspecified atom stereocenters. The molecule has 2 amide bonds. The highest BCUT2D eigenvalue weighted by Gasteiger charge is 2.08. The van der Waals surface area contributed by atoms with Crippen LogP contribution in [0.3, 0.4) is 0 Å². The summed E-state index contributed by atoms with van der Waals surface area (Å²) in [5.41, 5.74) is 0.635. The van der Waals surface area contributed by atoms with E-state index in [9.17, 15) is 9.59 Å². The minimum absolute atomic E-state index is 0.158. The molecule has 5 nitrogen and oxygen atoms in total. The van der Waals surface area contributed by atoms with Crippen molar-refractivity contribution in [1.82, 2.24) is 5.32 Å². The zero-order chi connectivity index (χ0) is 15.8. The summed E-state index contributed by atoms with van der Waals surface area (Å²) in [5.74, 6) is -0.538. The van der Waals surface area contributed by atoms with E-state index in [0.29, 0.717) is 28.1 Å². The number of benzene rings is 1. The molecule has 0 spiro atoms. The first-order valence-electron chi connectivity index (χ1n) is 6.60.